The van der Waals surface area contributed by atoms with Crippen LogP contribution in [-0.2, 0) is 16.1 Å². The van der Waals surface area contributed by atoms with Crippen LogP contribution in [0.2, 0.25) is 0 Å². The van der Waals surface area contributed by atoms with Crippen molar-refractivity contribution in [2.45, 2.75) is 25.9 Å². The lowest BCUT2D eigenvalue weighted by Gasteiger charge is -2.17. The van der Waals surface area contributed by atoms with Gasteiger partial charge in [0.1, 0.15) is 6.04 Å². The molecule has 1 aliphatic heterocycles. The average Bonchev–Trinajstić information content (AvgIpc) is 2.96. The van der Waals surface area contributed by atoms with Gasteiger partial charge in [-0.2, -0.15) is 0 Å². The highest BCUT2D eigenvalue weighted by atomic mass is 16.2. The molecule has 0 aromatic heterocycles. The molecule has 2 aromatic carbocycles. The third-order valence-electron chi connectivity index (χ3n) is 4.34. The Labute approximate surface area is 146 Å². The van der Waals surface area contributed by atoms with Crippen LogP contribution in [0.4, 0.5) is 0 Å². The summed E-state index contributed by atoms with van der Waals surface area (Å²) in [6.45, 7) is 2.99. The van der Waals surface area contributed by atoms with Gasteiger partial charge in [-0.3, -0.25) is 14.4 Å². The van der Waals surface area contributed by atoms with Crippen LogP contribution >= 0.6 is 0 Å². The second-order valence-corrected chi connectivity index (χ2v) is 6.26. The largest absolute Gasteiger partial charge is 0.337 e. The second kappa shape index (κ2) is 7.30. The fourth-order valence-electron chi connectivity index (χ4n) is 2.89. The van der Waals surface area contributed by atoms with Gasteiger partial charge < -0.3 is 10.2 Å². The first kappa shape index (κ1) is 16.9. The zero-order valence-electron chi connectivity index (χ0n) is 14.1. The molecule has 1 heterocycles. The molecule has 5 heteroatoms. The number of ketones is 1. The van der Waals surface area contributed by atoms with E-state index in [2.05, 4.69) is 5.32 Å². The van der Waals surface area contributed by atoms with Gasteiger partial charge in [-0.1, -0.05) is 60.2 Å². The first-order chi connectivity index (χ1) is 12.0. The summed E-state index contributed by atoms with van der Waals surface area (Å²) in [5, 5.41) is 2.58. The van der Waals surface area contributed by atoms with Crippen LogP contribution in [0, 0.1) is 6.92 Å². The smallest absolute Gasteiger partial charge is 0.293 e. The molecule has 128 valence electrons. The van der Waals surface area contributed by atoms with Crippen molar-refractivity contribution < 1.29 is 14.4 Å². The molecule has 0 saturated carbocycles. The summed E-state index contributed by atoms with van der Waals surface area (Å²) in [5.74, 6) is -1.49. The molecule has 25 heavy (non-hydrogen) atoms. The molecule has 1 aliphatic rings. The van der Waals surface area contributed by atoms with Crippen LogP contribution in [0.15, 0.2) is 54.6 Å². The fraction of sp³-hybridized carbons (Fsp3) is 0.250. The normalized spacial score (nSPS) is 16.8. The Morgan fingerprint density at radius 1 is 1.08 bits per heavy atom. The van der Waals surface area contributed by atoms with E-state index in [0.717, 1.165) is 11.1 Å². The fourth-order valence-corrected chi connectivity index (χ4v) is 2.89. The highest BCUT2D eigenvalue weighted by Gasteiger charge is 2.33. The number of carbonyl (C=O) groups excluding carboxylic acids is 3. The van der Waals surface area contributed by atoms with Crippen molar-refractivity contribution >= 4 is 17.6 Å². The van der Waals surface area contributed by atoms with E-state index in [1.165, 1.54) is 0 Å². The molecular formula is C20H20N2O3. The maximum atomic E-state index is 12.4. The molecule has 1 atom stereocenters. The van der Waals surface area contributed by atoms with Gasteiger partial charge in [-0.25, -0.2) is 0 Å². The van der Waals surface area contributed by atoms with Gasteiger partial charge in [-0.15, -0.1) is 0 Å². The highest BCUT2D eigenvalue weighted by molar-refractivity contribution is 6.43. The number of nitrogens with zero attached hydrogens (tertiary/aromatic N) is 1. The van der Waals surface area contributed by atoms with Crippen LogP contribution in [0.5, 0.6) is 0 Å². The highest BCUT2D eigenvalue weighted by Crippen LogP contribution is 2.15. The van der Waals surface area contributed by atoms with Crippen molar-refractivity contribution in [3.8, 4) is 0 Å². The number of hydrogen-bond acceptors (Lipinski definition) is 3. The number of amides is 2. The van der Waals surface area contributed by atoms with Crippen LogP contribution in [-0.4, -0.2) is 35.1 Å². The molecule has 3 rings (SSSR count). The molecule has 2 amide bonds. The maximum absolute atomic E-state index is 12.4. The molecule has 1 saturated heterocycles. The van der Waals surface area contributed by atoms with Gasteiger partial charge in [-0.05, 0) is 18.9 Å². The second-order valence-electron chi connectivity index (χ2n) is 6.26. The van der Waals surface area contributed by atoms with Crippen molar-refractivity contribution in [1.29, 1.82) is 0 Å². The zero-order valence-corrected chi connectivity index (χ0v) is 14.1. The number of Topliss-reactive ketones (excluding diaryl/α,β-unsaturated/α-hetero) is 1. The topological polar surface area (TPSA) is 66.5 Å². The van der Waals surface area contributed by atoms with Gasteiger partial charge in [0.15, 0.2) is 0 Å². The van der Waals surface area contributed by atoms with E-state index in [9.17, 15) is 14.4 Å². The van der Waals surface area contributed by atoms with Crippen LogP contribution < -0.4 is 5.32 Å². The molecule has 1 fully saturated rings. The van der Waals surface area contributed by atoms with Gasteiger partial charge in [0.05, 0.1) is 0 Å². The summed E-state index contributed by atoms with van der Waals surface area (Å²) < 4.78 is 0. The number of hydrogen-bond donors (Lipinski definition) is 1. The molecule has 5 nitrogen and oxygen atoms in total. The Morgan fingerprint density at radius 3 is 2.44 bits per heavy atom. The van der Waals surface area contributed by atoms with Gasteiger partial charge in [0, 0.05) is 18.7 Å². The monoisotopic (exact) mass is 336 g/mol. The lowest BCUT2D eigenvalue weighted by molar-refractivity contribution is -0.132. The summed E-state index contributed by atoms with van der Waals surface area (Å²) >= 11 is 0. The summed E-state index contributed by atoms with van der Waals surface area (Å²) in [4.78, 5) is 38.5. The van der Waals surface area contributed by atoms with Crippen LogP contribution in [0.3, 0.4) is 0 Å². The minimum absolute atomic E-state index is 0.145. The molecule has 0 bridgehead atoms. The molecular weight excluding hydrogens is 316 g/mol. The molecule has 0 unspecified atom stereocenters. The Balaban J connectivity index is 1.59. The molecule has 2 aromatic rings. The van der Waals surface area contributed by atoms with Crippen molar-refractivity contribution in [1.82, 2.24) is 10.2 Å². The lowest BCUT2D eigenvalue weighted by Crippen LogP contribution is -2.44. The van der Waals surface area contributed by atoms with E-state index in [1.54, 1.807) is 29.2 Å². The Hall–Kier alpha value is -2.95. The van der Waals surface area contributed by atoms with E-state index < -0.39 is 17.7 Å². The van der Waals surface area contributed by atoms with Crippen LogP contribution in [0.25, 0.3) is 0 Å². The quantitative estimate of drug-likeness (QED) is 0.672. The third kappa shape index (κ3) is 3.94. The standard InChI is InChI=1S/C20H20N2O3/c1-14-7-9-16(10-8-14)18(23)19(24)21-17-11-12-22(20(17)25)13-15-5-3-2-4-6-15/h2-10,17H,11-13H2,1H3,(H,21,24)/t17-/m1/s1. The summed E-state index contributed by atoms with van der Waals surface area (Å²) in [7, 11) is 0. The number of carbonyl (C=O) groups is 3. The number of rotatable bonds is 5. The first-order valence-corrected chi connectivity index (χ1v) is 8.29. The SMILES string of the molecule is Cc1ccc(C(=O)C(=O)N[C@@H]2CCN(Cc3ccccc3)C2=O)cc1. The maximum Gasteiger partial charge on any atom is 0.293 e. The minimum Gasteiger partial charge on any atom is -0.337 e. The number of benzene rings is 2. The van der Waals surface area contributed by atoms with E-state index in [0.29, 0.717) is 25.1 Å². The summed E-state index contributed by atoms with van der Waals surface area (Å²) in [5.41, 5.74) is 2.38. The molecule has 0 spiro atoms. The Morgan fingerprint density at radius 2 is 1.76 bits per heavy atom. The molecule has 0 aliphatic carbocycles. The predicted molar refractivity (Wildman–Crippen MR) is 93.9 cm³/mol. The van der Waals surface area contributed by atoms with Gasteiger partial charge >= 0.3 is 0 Å². The van der Waals surface area contributed by atoms with Crippen molar-refractivity contribution in [2.75, 3.05) is 6.54 Å². The van der Waals surface area contributed by atoms with Crippen LogP contribution in [0.1, 0.15) is 27.9 Å². The number of likely N-dealkylation sites (tertiary alicyclic amines) is 1. The number of nitrogens with one attached hydrogen (secondary N) is 1. The number of aryl methyl sites for hydroxylation is 1. The molecule has 0 radical (unpaired) electrons. The average molecular weight is 336 g/mol. The van der Waals surface area contributed by atoms with E-state index >= 15 is 0 Å². The van der Waals surface area contributed by atoms with E-state index in [1.807, 2.05) is 37.3 Å². The van der Waals surface area contributed by atoms with Gasteiger partial charge in [0.25, 0.3) is 5.91 Å². The Bertz CT molecular complexity index is 784. The molecule has 1 N–H and O–H groups in total. The van der Waals surface area contributed by atoms with Crippen molar-refractivity contribution in [2.24, 2.45) is 0 Å². The van der Waals surface area contributed by atoms with Crippen molar-refractivity contribution in [3.63, 3.8) is 0 Å². The Kier molecular flexibility index (Phi) is 4.93. The lowest BCUT2D eigenvalue weighted by atomic mass is 10.1. The van der Waals surface area contributed by atoms with Gasteiger partial charge in [0.2, 0.25) is 11.7 Å². The summed E-state index contributed by atoms with van der Waals surface area (Å²) in [6.07, 6.45) is 0.512. The third-order valence-corrected chi connectivity index (χ3v) is 4.34. The zero-order chi connectivity index (χ0) is 17.8. The van der Waals surface area contributed by atoms with E-state index in [4.69, 9.17) is 0 Å². The minimum atomic E-state index is -0.733. The van der Waals surface area contributed by atoms with Crippen molar-refractivity contribution in [3.05, 3.63) is 71.3 Å². The predicted octanol–water partition coefficient (Wildman–Crippen LogP) is 2.10. The van der Waals surface area contributed by atoms with E-state index in [-0.39, 0.29) is 5.91 Å². The first-order valence-electron chi connectivity index (χ1n) is 8.29. The summed E-state index contributed by atoms with van der Waals surface area (Å²) in [6, 6.07) is 15.9.